The number of carbonyl (C=O) groups excluding carboxylic acids is 2. The van der Waals surface area contributed by atoms with E-state index in [4.69, 9.17) is 4.42 Å². The molecule has 1 aliphatic rings. The van der Waals surface area contributed by atoms with Gasteiger partial charge in [-0.15, -0.1) is 0 Å². The fourth-order valence-corrected chi connectivity index (χ4v) is 3.63. The van der Waals surface area contributed by atoms with E-state index in [0.717, 1.165) is 18.1 Å². The van der Waals surface area contributed by atoms with Crippen molar-refractivity contribution in [2.75, 3.05) is 13.1 Å². The summed E-state index contributed by atoms with van der Waals surface area (Å²) in [6.45, 7) is 2.08. The van der Waals surface area contributed by atoms with E-state index in [1.807, 2.05) is 30.5 Å². The molecule has 2 amide bonds. The third kappa shape index (κ3) is 4.74. The number of rotatable bonds is 8. The smallest absolute Gasteiger partial charge is 0.225 e. The van der Waals surface area contributed by atoms with Gasteiger partial charge in [0.1, 0.15) is 11.6 Å². The van der Waals surface area contributed by atoms with E-state index < -0.39 is 0 Å². The van der Waals surface area contributed by atoms with Crippen LogP contribution in [0, 0.1) is 5.92 Å². The van der Waals surface area contributed by atoms with Crippen molar-refractivity contribution in [1.82, 2.24) is 19.8 Å². The third-order valence-electron chi connectivity index (χ3n) is 5.16. The van der Waals surface area contributed by atoms with E-state index in [0.29, 0.717) is 26.1 Å². The maximum absolute atomic E-state index is 12.5. The van der Waals surface area contributed by atoms with Gasteiger partial charge in [-0.05, 0) is 17.7 Å². The third-order valence-corrected chi connectivity index (χ3v) is 5.16. The van der Waals surface area contributed by atoms with Crippen LogP contribution in [-0.2, 0) is 29.1 Å². The number of benzene rings is 1. The Balaban J connectivity index is 1.25. The first-order valence-electron chi connectivity index (χ1n) is 9.81. The molecule has 1 unspecified atom stereocenters. The van der Waals surface area contributed by atoms with Gasteiger partial charge >= 0.3 is 0 Å². The SMILES string of the molecule is O=C(NCCc1nccn1Cc1ccccc1)C1CC(=O)N(Cc2ccco2)C1. The van der Waals surface area contributed by atoms with E-state index in [1.54, 1.807) is 23.4 Å². The molecule has 7 nitrogen and oxygen atoms in total. The molecule has 3 heterocycles. The quantitative estimate of drug-likeness (QED) is 0.638. The van der Waals surface area contributed by atoms with Gasteiger partial charge < -0.3 is 19.2 Å². The topological polar surface area (TPSA) is 80.4 Å². The lowest BCUT2D eigenvalue weighted by Gasteiger charge is -2.15. The standard InChI is InChI=1S/C22H24N4O3/c27-21-13-18(15-26(21)16-19-7-4-12-29-19)22(28)24-9-8-20-23-10-11-25(20)14-17-5-2-1-3-6-17/h1-7,10-12,18H,8-9,13-16H2,(H,24,28). The van der Waals surface area contributed by atoms with E-state index in [1.165, 1.54) is 5.56 Å². The number of nitrogens with one attached hydrogen (secondary N) is 1. The number of likely N-dealkylation sites (tertiary alicyclic amines) is 1. The van der Waals surface area contributed by atoms with Crippen molar-refractivity contribution in [2.24, 2.45) is 5.92 Å². The van der Waals surface area contributed by atoms with Crippen LogP contribution in [0.1, 0.15) is 23.6 Å². The highest BCUT2D eigenvalue weighted by Gasteiger charge is 2.34. The van der Waals surface area contributed by atoms with Crippen LogP contribution < -0.4 is 5.32 Å². The highest BCUT2D eigenvalue weighted by atomic mass is 16.3. The Morgan fingerprint density at radius 2 is 2.03 bits per heavy atom. The summed E-state index contributed by atoms with van der Waals surface area (Å²) in [4.78, 5) is 30.8. The molecule has 29 heavy (non-hydrogen) atoms. The Labute approximate surface area is 169 Å². The number of hydrogen-bond donors (Lipinski definition) is 1. The van der Waals surface area contributed by atoms with E-state index in [9.17, 15) is 9.59 Å². The predicted octanol–water partition coefficient (Wildman–Crippen LogP) is 2.23. The molecular formula is C22H24N4O3. The minimum atomic E-state index is -0.318. The summed E-state index contributed by atoms with van der Waals surface area (Å²) in [6, 6.07) is 13.8. The highest BCUT2D eigenvalue weighted by molar-refractivity contribution is 5.89. The van der Waals surface area contributed by atoms with Crippen molar-refractivity contribution in [3.63, 3.8) is 0 Å². The van der Waals surface area contributed by atoms with Gasteiger partial charge in [-0.25, -0.2) is 4.98 Å². The van der Waals surface area contributed by atoms with Gasteiger partial charge in [0.25, 0.3) is 0 Å². The zero-order valence-electron chi connectivity index (χ0n) is 16.2. The Morgan fingerprint density at radius 1 is 1.17 bits per heavy atom. The molecule has 0 spiro atoms. The van der Waals surface area contributed by atoms with Gasteiger partial charge in [0.2, 0.25) is 11.8 Å². The Hall–Kier alpha value is -3.35. The first-order chi connectivity index (χ1) is 14.2. The van der Waals surface area contributed by atoms with Crippen LogP contribution in [0.3, 0.4) is 0 Å². The molecule has 1 fully saturated rings. The second-order valence-corrected chi connectivity index (χ2v) is 7.25. The summed E-state index contributed by atoms with van der Waals surface area (Å²) in [5.41, 5.74) is 1.21. The molecule has 4 rings (SSSR count). The molecule has 1 saturated heterocycles. The van der Waals surface area contributed by atoms with E-state index in [2.05, 4.69) is 27.0 Å². The molecule has 1 atom stereocenters. The maximum Gasteiger partial charge on any atom is 0.225 e. The fourth-order valence-electron chi connectivity index (χ4n) is 3.63. The number of amides is 2. The van der Waals surface area contributed by atoms with Crippen molar-refractivity contribution < 1.29 is 14.0 Å². The molecule has 1 N–H and O–H groups in total. The minimum absolute atomic E-state index is 0.0139. The molecule has 2 aromatic heterocycles. The normalized spacial score (nSPS) is 16.3. The molecule has 7 heteroatoms. The summed E-state index contributed by atoms with van der Waals surface area (Å²) in [5.74, 6) is 1.24. The van der Waals surface area contributed by atoms with Crippen LogP contribution in [0.5, 0.6) is 0 Å². The monoisotopic (exact) mass is 392 g/mol. The second-order valence-electron chi connectivity index (χ2n) is 7.25. The Morgan fingerprint density at radius 3 is 2.83 bits per heavy atom. The maximum atomic E-state index is 12.5. The summed E-state index contributed by atoms with van der Waals surface area (Å²) >= 11 is 0. The number of furan rings is 1. The molecule has 0 saturated carbocycles. The number of imidazole rings is 1. The summed E-state index contributed by atoms with van der Waals surface area (Å²) in [6.07, 6.45) is 6.20. The van der Waals surface area contributed by atoms with Crippen molar-refractivity contribution in [1.29, 1.82) is 0 Å². The number of aromatic nitrogens is 2. The lowest BCUT2D eigenvalue weighted by Crippen LogP contribution is -2.34. The highest BCUT2D eigenvalue weighted by Crippen LogP contribution is 2.20. The molecule has 150 valence electrons. The van der Waals surface area contributed by atoms with E-state index in [-0.39, 0.29) is 24.2 Å². The number of nitrogens with zero attached hydrogens (tertiary/aromatic N) is 3. The number of hydrogen-bond acceptors (Lipinski definition) is 4. The Kier molecular flexibility index (Phi) is 5.74. The lowest BCUT2D eigenvalue weighted by molar-refractivity contribution is -0.129. The first kappa shape index (κ1) is 19.0. The van der Waals surface area contributed by atoms with Gasteiger partial charge in [0.05, 0.1) is 18.7 Å². The molecule has 1 aliphatic heterocycles. The van der Waals surface area contributed by atoms with Crippen LogP contribution in [0.2, 0.25) is 0 Å². The number of carbonyl (C=O) groups is 2. The largest absolute Gasteiger partial charge is 0.467 e. The van der Waals surface area contributed by atoms with Crippen molar-refractivity contribution in [3.8, 4) is 0 Å². The average Bonchev–Trinajstić information content (AvgIpc) is 3.46. The van der Waals surface area contributed by atoms with Crippen molar-refractivity contribution in [2.45, 2.75) is 25.9 Å². The molecule has 0 radical (unpaired) electrons. The van der Waals surface area contributed by atoms with Crippen molar-refractivity contribution in [3.05, 3.63) is 78.3 Å². The predicted molar refractivity (Wildman–Crippen MR) is 107 cm³/mol. The average molecular weight is 392 g/mol. The van der Waals surface area contributed by atoms with Gasteiger partial charge in [-0.1, -0.05) is 30.3 Å². The van der Waals surface area contributed by atoms with E-state index >= 15 is 0 Å². The van der Waals surface area contributed by atoms with Gasteiger partial charge in [-0.2, -0.15) is 0 Å². The van der Waals surface area contributed by atoms with Crippen LogP contribution in [0.15, 0.2) is 65.5 Å². The Bertz CT molecular complexity index is 950. The lowest BCUT2D eigenvalue weighted by atomic mass is 10.1. The summed E-state index contributed by atoms with van der Waals surface area (Å²) in [7, 11) is 0. The molecule has 1 aromatic carbocycles. The second kappa shape index (κ2) is 8.77. The zero-order valence-corrected chi connectivity index (χ0v) is 16.2. The van der Waals surface area contributed by atoms with Crippen LogP contribution in [0.25, 0.3) is 0 Å². The molecule has 0 aliphatic carbocycles. The first-order valence-corrected chi connectivity index (χ1v) is 9.81. The van der Waals surface area contributed by atoms with Gasteiger partial charge in [0, 0.05) is 44.9 Å². The van der Waals surface area contributed by atoms with Gasteiger partial charge in [0.15, 0.2) is 0 Å². The molecule has 3 aromatic rings. The van der Waals surface area contributed by atoms with Gasteiger partial charge in [-0.3, -0.25) is 9.59 Å². The van der Waals surface area contributed by atoms with Crippen LogP contribution in [-0.4, -0.2) is 39.4 Å². The summed E-state index contributed by atoms with van der Waals surface area (Å²) < 4.78 is 7.38. The zero-order chi connectivity index (χ0) is 20.1. The minimum Gasteiger partial charge on any atom is -0.467 e. The molecular weight excluding hydrogens is 368 g/mol. The van der Waals surface area contributed by atoms with Crippen molar-refractivity contribution >= 4 is 11.8 Å². The summed E-state index contributed by atoms with van der Waals surface area (Å²) in [5, 5.41) is 2.96. The molecule has 0 bridgehead atoms. The van der Waals surface area contributed by atoms with Crippen LogP contribution >= 0.6 is 0 Å². The van der Waals surface area contributed by atoms with Crippen LogP contribution in [0.4, 0.5) is 0 Å². The fraction of sp³-hybridized carbons (Fsp3) is 0.318.